The molecule has 0 aromatic carbocycles. The van der Waals surface area contributed by atoms with Crippen molar-refractivity contribution >= 4 is 0 Å². The zero-order chi connectivity index (χ0) is 13.9. The Balaban J connectivity index is 2.00. The van der Waals surface area contributed by atoms with Crippen molar-refractivity contribution < 1.29 is 5.11 Å². The van der Waals surface area contributed by atoms with E-state index in [0.717, 1.165) is 12.1 Å². The van der Waals surface area contributed by atoms with Crippen LogP contribution in [-0.2, 0) is 6.42 Å². The van der Waals surface area contributed by atoms with Crippen LogP contribution in [0.5, 0.6) is 0 Å². The first kappa shape index (κ1) is 14.6. The van der Waals surface area contributed by atoms with Crippen LogP contribution in [0.2, 0.25) is 0 Å². The molecule has 0 spiro atoms. The molecule has 1 aliphatic carbocycles. The van der Waals surface area contributed by atoms with Crippen LogP contribution >= 0.6 is 0 Å². The summed E-state index contributed by atoms with van der Waals surface area (Å²) in [6.45, 7) is 6.80. The number of nitrogens with zero attached hydrogens (tertiary/aromatic N) is 2. The van der Waals surface area contributed by atoms with Gasteiger partial charge in [-0.25, -0.2) is 0 Å². The highest BCUT2D eigenvalue weighted by Gasteiger charge is 2.25. The normalized spacial score (nSPS) is 19.6. The summed E-state index contributed by atoms with van der Waals surface area (Å²) in [6.07, 6.45) is 9.58. The third-order valence-electron chi connectivity index (χ3n) is 4.51. The molecule has 0 radical (unpaired) electrons. The Morgan fingerprint density at radius 2 is 2.00 bits per heavy atom. The molecule has 1 fully saturated rings. The van der Waals surface area contributed by atoms with Crippen molar-refractivity contribution in [1.29, 1.82) is 0 Å². The summed E-state index contributed by atoms with van der Waals surface area (Å²) in [4.78, 5) is 0. The summed E-state index contributed by atoms with van der Waals surface area (Å²) in [7, 11) is 0. The van der Waals surface area contributed by atoms with Crippen molar-refractivity contribution in [2.45, 2.75) is 65.3 Å². The second kappa shape index (κ2) is 6.08. The highest BCUT2D eigenvalue weighted by atomic mass is 16.3. The third-order valence-corrected chi connectivity index (χ3v) is 4.51. The van der Waals surface area contributed by atoms with Gasteiger partial charge >= 0.3 is 0 Å². The Kier molecular flexibility index (Phi) is 4.67. The zero-order valence-electron chi connectivity index (χ0n) is 12.6. The van der Waals surface area contributed by atoms with Crippen LogP contribution in [0.25, 0.3) is 0 Å². The Labute approximate surface area is 117 Å². The minimum Gasteiger partial charge on any atom is -0.396 e. The van der Waals surface area contributed by atoms with Crippen molar-refractivity contribution in [1.82, 2.24) is 9.78 Å². The first-order valence-electron chi connectivity index (χ1n) is 7.65. The van der Waals surface area contributed by atoms with Gasteiger partial charge < -0.3 is 5.11 Å². The van der Waals surface area contributed by atoms with Crippen molar-refractivity contribution in [3.05, 3.63) is 18.0 Å². The van der Waals surface area contributed by atoms with Crippen molar-refractivity contribution in [2.75, 3.05) is 6.61 Å². The SMILES string of the molecule is CC(C)(C)C(CO)Cc1ccn(C2CCCCC2)n1. The van der Waals surface area contributed by atoms with E-state index in [1.54, 1.807) is 0 Å². The molecule has 1 unspecified atom stereocenters. The largest absolute Gasteiger partial charge is 0.396 e. The molecule has 3 nitrogen and oxygen atoms in total. The first-order valence-corrected chi connectivity index (χ1v) is 7.65. The summed E-state index contributed by atoms with van der Waals surface area (Å²) in [6, 6.07) is 2.73. The monoisotopic (exact) mass is 264 g/mol. The molecule has 3 heteroatoms. The van der Waals surface area contributed by atoms with Crippen LogP contribution in [0.15, 0.2) is 12.3 Å². The van der Waals surface area contributed by atoms with Gasteiger partial charge in [0.2, 0.25) is 0 Å². The molecule has 1 aliphatic rings. The zero-order valence-corrected chi connectivity index (χ0v) is 12.6. The summed E-state index contributed by atoms with van der Waals surface area (Å²) in [5.41, 5.74) is 1.25. The molecule has 0 saturated heterocycles. The predicted molar refractivity (Wildman–Crippen MR) is 78.1 cm³/mol. The summed E-state index contributed by atoms with van der Waals surface area (Å²) in [5.74, 6) is 0.280. The number of aliphatic hydroxyl groups excluding tert-OH is 1. The lowest BCUT2D eigenvalue weighted by atomic mass is 9.79. The standard InChI is InChI=1S/C16H28N2O/c1-16(2,3)13(12-19)11-14-9-10-18(17-14)15-7-5-4-6-8-15/h9-10,13,15,19H,4-8,11-12H2,1-3H3. The Morgan fingerprint density at radius 3 is 2.58 bits per heavy atom. The maximum atomic E-state index is 9.54. The van der Waals surface area contributed by atoms with Gasteiger partial charge in [-0.15, -0.1) is 0 Å². The lowest BCUT2D eigenvalue weighted by Gasteiger charge is -2.28. The Hall–Kier alpha value is -0.830. The van der Waals surface area contributed by atoms with E-state index >= 15 is 0 Å². The quantitative estimate of drug-likeness (QED) is 0.902. The molecule has 0 aliphatic heterocycles. The van der Waals surface area contributed by atoms with Gasteiger partial charge in [0.15, 0.2) is 0 Å². The lowest BCUT2D eigenvalue weighted by molar-refractivity contribution is 0.130. The van der Waals surface area contributed by atoms with E-state index in [4.69, 9.17) is 5.10 Å². The van der Waals surface area contributed by atoms with E-state index in [1.807, 2.05) is 0 Å². The van der Waals surface area contributed by atoms with Gasteiger partial charge in [0.1, 0.15) is 0 Å². The van der Waals surface area contributed by atoms with E-state index in [1.165, 1.54) is 32.1 Å². The molecule has 1 saturated carbocycles. The van der Waals surface area contributed by atoms with E-state index in [2.05, 4.69) is 37.7 Å². The minimum absolute atomic E-state index is 0.128. The molecule has 1 N–H and O–H groups in total. The maximum Gasteiger partial charge on any atom is 0.0628 e. The summed E-state index contributed by atoms with van der Waals surface area (Å²) >= 11 is 0. The van der Waals surface area contributed by atoms with Gasteiger partial charge in [0, 0.05) is 12.8 Å². The molecule has 0 amide bonds. The second-order valence-corrected chi connectivity index (χ2v) is 7.03. The fourth-order valence-corrected chi connectivity index (χ4v) is 2.93. The Morgan fingerprint density at radius 1 is 1.32 bits per heavy atom. The molecule has 1 aromatic heterocycles. The minimum atomic E-state index is 0.128. The third kappa shape index (κ3) is 3.82. The van der Waals surface area contributed by atoms with Crippen LogP contribution in [-0.4, -0.2) is 21.5 Å². The average Bonchev–Trinajstić information content (AvgIpc) is 2.84. The average molecular weight is 264 g/mol. The first-order chi connectivity index (χ1) is 9.00. The molecule has 1 atom stereocenters. The molecule has 19 heavy (non-hydrogen) atoms. The predicted octanol–water partition coefficient (Wildman–Crippen LogP) is 3.59. The van der Waals surface area contributed by atoms with Crippen LogP contribution < -0.4 is 0 Å². The van der Waals surface area contributed by atoms with Crippen molar-refractivity contribution in [2.24, 2.45) is 11.3 Å². The van der Waals surface area contributed by atoms with Gasteiger partial charge in [0.25, 0.3) is 0 Å². The highest BCUT2D eigenvalue weighted by Crippen LogP contribution is 2.30. The molecular weight excluding hydrogens is 236 g/mol. The molecule has 2 rings (SSSR count). The van der Waals surface area contributed by atoms with Crippen molar-refractivity contribution in [3.8, 4) is 0 Å². The number of rotatable bonds is 4. The van der Waals surface area contributed by atoms with E-state index in [-0.39, 0.29) is 17.9 Å². The molecule has 1 heterocycles. The summed E-state index contributed by atoms with van der Waals surface area (Å²) < 4.78 is 2.16. The van der Waals surface area contributed by atoms with Gasteiger partial charge in [-0.2, -0.15) is 5.10 Å². The van der Waals surface area contributed by atoms with Crippen LogP contribution in [0.4, 0.5) is 0 Å². The highest BCUT2D eigenvalue weighted by molar-refractivity contribution is 5.02. The van der Waals surface area contributed by atoms with Crippen LogP contribution in [0, 0.1) is 11.3 Å². The van der Waals surface area contributed by atoms with Gasteiger partial charge in [0.05, 0.1) is 11.7 Å². The van der Waals surface area contributed by atoms with Crippen LogP contribution in [0.3, 0.4) is 0 Å². The molecular formula is C16H28N2O. The smallest absolute Gasteiger partial charge is 0.0628 e. The lowest BCUT2D eigenvalue weighted by Crippen LogP contribution is -2.26. The van der Waals surface area contributed by atoms with Gasteiger partial charge in [-0.1, -0.05) is 40.0 Å². The fraction of sp³-hybridized carbons (Fsp3) is 0.812. The number of aromatic nitrogens is 2. The van der Waals surface area contributed by atoms with E-state index in [0.29, 0.717) is 6.04 Å². The number of aliphatic hydroxyl groups is 1. The molecule has 108 valence electrons. The van der Waals surface area contributed by atoms with Crippen molar-refractivity contribution in [3.63, 3.8) is 0 Å². The van der Waals surface area contributed by atoms with Crippen LogP contribution in [0.1, 0.15) is 64.6 Å². The maximum absolute atomic E-state index is 9.54. The number of hydrogen-bond acceptors (Lipinski definition) is 2. The van der Waals surface area contributed by atoms with Gasteiger partial charge in [-0.3, -0.25) is 4.68 Å². The number of hydrogen-bond donors (Lipinski definition) is 1. The fourth-order valence-electron chi connectivity index (χ4n) is 2.93. The Bertz CT molecular complexity index is 386. The molecule has 0 bridgehead atoms. The van der Waals surface area contributed by atoms with Gasteiger partial charge in [-0.05, 0) is 36.7 Å². The molecule has 1 aromatic rings. The summed E-state index contributed by atoms with van der Waals surface area (Å²) in [5, 5.41) is 14.3. The second-order valence-electron chi connectivity index (χ2n) is 7.03. The topological polar surface area (TPSA) is 38.0 Å². The van der Waals surface area contributed by atoms with E-state index in [9.17, 15) is 5.11 Å². The van der Waals surface area contributed by atoms with E-state index < -0.39 is 0 Å².